The molecular formula is C7H9N3. The lowest BCUT2D eigenvalue weighted by atomic mass is 10.3. The molecule has 3 heteroatoms. The smallest absolute Gasteiger partial charge is 0.207 e. The minimum Gasteiger partial charge on any atom is -0.352 e. The number of imidazole rings is 1. The van der Waals surface area contributed by atoms with Crippen LogP contribution in [0.25, 0.3) is 6.20 Å². The van der Waals surface area contributed by atoms with Gasteiger partial charge in [-0.2, -0.15) is 0 Å². The molecule has 0 unspecified atom stereocenters. The van der Waals surface area contributed by atoms with E-state index in [1.165, 1.54) is 5.57 Å². The topological polar surface area (TPSA) is 29.9 Å². The second-order valence-corrected chi connectivity index (χ2v) is 2.49. The van der Waals surface area contributed by atoms with Crippen molar-refractivity contribution in [3.8, 4) is 0 Å². The van der Waals surface area contributed by atoms with Gasteiger partial charge in [0.1, 0.15) is 0 Å². The lowest BCUT2D eigenvalue weighted by Gasteiger charge is -2.12. The van der Waals surface area contributed by atoms with Gasteiger partial charge in [0.2, 0.25) is 5.95 Å². The molecule has 0 aliphatic carbocycles. The van der Waals surface area contributed by atoms with Gasteiger partial charge in [0.15, 0.2) is 0 Å². The van der Waals surface area contributed by atoms with Gasteiger partial charge >= 0.3 is 0 Å². The molecule has 0 aromatic carbocycles. The minimum absolute atomic E-state index is 0.914. The summed E-state index contributed by atoms with van der Waals surface area (Å²) in [6.45, 7) is 3.01. The molecule has 0 bridgehead atoms. The maximum Gasteiger partial charge on any atom is 0.207 e. The highest BCUT2D eigenvalue weighted by Gasteiger charge is 2.04. The van der Waals surface area contributed by atoms with Gasteiger partial charge in [-0.05, 0) is 12.5 Å². The maximum atomic E-state index is 4.10. The summed E-state index contributed by atoms with van der Waals surface area (Å²) in [5.41, 5.74) is 1.32. The molecule has 0 atom stereocenters. The molecule has 1 aliphatic heterocycles. The zero-order chi connectivity index (χ0) is 6.97. The number of nitrogens with zero attached hydrogens (tertiary/aromatic N) is 2. The average Bonchev–Trinajstić information content (AvgIpc) is 2.33. The van der Waals surface area contributed by atoms with Gasteiger partial charge in [0.05, 0.1) is 0 Å². The number of hydrogen-bond acceptors (Lipinski definition) is 2. The summed E-state index contributed by atoms with van der Waals surface area (Å²) in [4.78, 5) is 4.10. The quantitative estimate of drug-likeness (QED) is 0.578. The van der Waals surface area contributed by atoms with Crippen LogP contribution in [-0.2, 0) is 0 Å². The van der Waals surface area contributed by atoms with E-state index in [4.69, 9.17) is 0 Å². The minimum atomic E-state index is 0.914. The summed E-state index contributed by atoms with van der Waals surface area (Å²) in [5.74, 6) is 0.936. The van der Waals surface area contributed by atoms with E-state index in [0.29, 0.717) is 0 Å². The Kier molecular flexibility index (Phi) is 1.03. The van der Waals surface area contributed by atoms with Gasteiger partial charge in [-0.1, -0.05) is 0 Å². The van der Waals surface area contributed by atoms with Crippen LogP contribution in [0.3, 0.4) is 0 Å². The van der Waals surface area contributed by atoms with Gasteiger partial charge in [0, 0.05) is 25.1 Å². The molecule has 0 spiro atoms. The third kappa shape index (κ3) is 0.708. The Morgan fingerprint density at radius 1 is 1.70 bits per heavy atom. The molecule has 1 aromatic rings. The summed E-state index contributed by atoms with van der Waals surface area (Å²) in [5, 5.41) is 3.18. The summed E-state index contributed by atoms with van der Waals surface area (Å²) < 4.78 is 1.98. The molecule has 2 rings (SSSR count). The number of hydrogen-bond donors (Lipinski definition) is 1. The fourth-order valence-corrected chi connectivity index (χ4v) is 1.06. The largest absolute Gasteiger partial charge is 0.352 e. The van der Waals surface area contributed by atoms with Gasteiger partial charge in [-0.25, -0.2) is 4.98 Å². The van der Waals surface area contributed by atoms with Crippen molar-refractivity contribution in [1.29, 1.82) is 0 Å². The molecule has 0 radical (unpaired) electrons. The highest BCUT2D eigenvalue weighted by Crippen LogP contribution is 2.12. The van der Waals surface area contributed by atoms with E-state index in [2.05, 4.69) is 23.4 Å². The normalized spacial score (nSPS) is 15.5. The third-order valence-electron chi connectivity index (χ3n) is 1.55. The lowest BCUT2D eigenvalue weighted by molar-refractivity contribution is 1.02. The lowest BCUT2D eigenvalue weighted by Crippen LogP contribution is -2.12. The van der Waals surface area contributed by atoms with Crippen LogP contribution in [0.4, 0.5) is 5.95 Å². The SMILES string of the molecule is CC1=Cn2ccnc2NC1. The Morgan fingerprint density at radius 3 is 3.50 bits per heavy atom. The van der Waals surface area contributed by atoms with Crippen LogP contribution in [-0.4, -0.2) is 16.1 Å². The summed E-state index contributed by atoms with van der Waals surface area (Å²) >= 11 is 0. The highest BCUT2D eigenvalue weighted by molar-refractivity contribution is 5.47. The van der Waals surface area contributed by atoms with E-state index in [0.717, 1.165) is 12.5 Å². The van der Waals surface area contributed by atoms with Crippen LogP contribution in [0, 0.1) is 0 Å². The zero-order valence-corrected chi connectivity index (χ0v) is 5.83. The van der Waals surface area contributed by atoms with E-state index in [1.807, 2.05) is 10.8 Å². The third-order valence-corrected chi connectivity index (χ3v) is 1.55. The number of fused-ring (bicyclic) bond motifs is 1. The number of aromatic nitrogens is 2. The number of rotatable bonds is 0. The molecule has 1 aromatic heterocycles. The van der Waals surface area contributed by atoms with Crippen LogP contribution in [0.15, 0.2) is 18.0 Å². The Hall–Kier alpha value is -1.25. The molecule has 2 heterocycles. The van der Waals surface area contributed by atoms with Crippen molar-refractivity contribution in [3.63, 3.8) is 0 Å². The van der Waals surface area contributed by atoms with E-state index in [1.54, 1.807) is 6.20 Å². The van der Waals surface area contributed by atoms with Crippen LogP contribution in [0.5, 0.6) is 0 Å². The highest BCUT2D eigenvalue weighted by atomic mass is 15.2. The predicted octanol–water partition coefficient (Wildman–Crippen LogP) is 1.17. The number of anilines is 1. The van der Waals surface area contributed by atoms with E-state index in [9.17, 15) is 0 Å². The van der Waals surface area contributed by atoms with E-state index in [-0.39, 0.29) is 0 Å². The van der Waals surface area contributed by atoms with Crippen molar-refractivity contribution in [1.82, 2.24) is 9.55 Å². The first-order valence-corrected chi connectivity index (χ1v) is 3.30. The average molecular weight is 135 g/mol. The van der Waals surface area contributed by atoms with Crippen LogP contribution >= 0.6 is 0 Å². The van der Waals surface area contributed by atoms with E-state index < -0.39 is 0 Å². The molecule has 1 N–H and O–H groups in total. The Balaban J connectivity index is 2.50. The maximum absolute atomic E-state index is 4.10. The van der Waals surface area contributed by atoms with Crippen molar-refractivity contribution in [2.75, 3.05) is 11.9 Å². The van der Waals surface area contributed by atoms with Gasteiger partial charge in [0.25, 0.3) is 0 Å². The summed E-state index contributed by atoms with van der Waals surface area (Å²) in [6.07, 6.45) is 5.81. The second kappa shape index (κ2) is 1.87. The first-order valence-electron chi connectivity index (χ1n) is 3.30. The molecule has 10 heavy (non-hydrogen) atoms. The van der Waals surface area contributed by atoms with E-state index >= 15 is 0 Å². The van der Waals surface area contributed by atoms with Crippen molar-refractivity contribution >= 4 is 12.1 Å². The van der Waals surface area contributed by atoms with Gasteiger partial charge < -0.3 is 5.32 Å². The van der Waals surface area contributed by atoms with Gasteiger partial charge in [-0.15, -0.1) is 0 Å². The molecule has 52 valence electrons. The molecule has 3 nitrogen and oxygen atoms in total. The van der Waals surface area contributed by atoms with Crippen LogP contribution in [0.2, 0.25) is 0 Å². The molecule has 1 aliphatic rings. The molecule has 0 amide bonds. The summed E-state index contributed by atoms with van der Waals surface area (Å²) in [6, 6.07) is 0. The molecule has 0 saturated heterocycles. The zero-order valence-electron chi connectivity index (χ0n) is 5.83. The monoisotopic (exact) mass is 135 g/mol. The van der Waals surface area contributed by atoms with Gasteiger partial charge in [-0.3, -0.25) is 4.57 Å². The fraction of sp³-hybridized carbons (Fsp3) is 0.286. The molecule has 0 fully saturated rings. The Bertz CT molecular complexity index is 272. The standard InChI is InChI=1S/C7H9N3/c1-6-4-9-7-8-2-3-10(7)5-6/h2-3,5H,4H2,1H3,(H,8,9). The number of nitrogens with one attached hydrogen (secondary N) is 1. The Labute approximate surface area is 59.4 Å². The summed E-state index contributed by atoms with van der Waals surface area (Å²) in [7, 11) is 0. The Morgan fingerprint density at radius 2 is 2.60 bits per heavy atom. The predicted molar refractivity (Wildman–Crippen MR) is 40.7 cm³/mol. The fourth-order valence-electron chi connectivity index (χ4n) is 1.06. The second-order valence-electron chi connectivity index (χ2n) is 2.49. The molecular weight excluding hydrogens is 126 g/mol. The first kappa shape index (κ1) is 5.53. The van der Waals surface area contributed by atoms with Crippen molar-refractivity contribution in [2.24, 2.45) is 0 Å². The van der Waals surface area contributed by atoms with Crippen LogP contribution in [0.1, 0.15) is 6.92 Å². The molecule has 0 saturated carbocycles. The van der Waals surface area contributed by atoms with Crippen LogP contribution < -0.4 is 5.32 Å². The van der Waals surface area contributed by atoms with Crippen molar-refractivity contribution in [2.45, 2.75) is 6.92 Å². The van der Waals surface area contributed by atoms with Crippen molar-refractivity contribution < 1.29 is 0 Å². The first-order chi connectivity index (χ1) is 4.86. The van der Waals surface area contributed by atoms with Crippen molar-refractivity contribution in [3.05, 3.63) is 18.0 Å².